The highest BCUT2D eigenvalue weighted by atomic mass is 79.9. The number of allylic oxidation sites excluding steroid dienone is 4. The summed E-state index contributed by atoms with van der Waals surface area (Å²) in [5, 5.41) is 19.7. The Morgan fingerprint density at radius 2 is 0.807 bits per heavy atom. The fraction of sp³-hybridized carbons (Fsp3) is 0.0588. The molecule has 2 bridgehead atoms. The zero-order chi connectivity index (χ0) is 38.3. The Balaban J connectivity index is 0.000000118. The van der Waals surface area contributed by atoms with Crippen molar-refractivity contribution < 1.29 is 0 Å². The van der Waals surface area contributed by atoms with Gasteiger partial charge in [-0.1, -0.05) is 177 Å². The van der Waals surface area contributed by atoms with E-state index in [1.165, 1.54) is 44.1 Å². The molecule has 0 saturated carbocycles. The van der Waals surface area contributed by atoms with Gasteiger partial charge in [-0.25, -0.2) is 9.97 Å². The number of nitrogens with zero attached hydrogens (tertiary/aromatic N) is 4. The van der Waals surface area contributed by atoms with E-state index in [4.69, 9.17) is 9.97 Å². The third-order valence-corrected chi connectivity index (χ3v) is 11.9. The van der Waals surface area contributed by atoms with Crippen molar-refractivity contribution in [3.05, 3.63) is 191 Å². The molecule has 0 aliphatic heterocycles. The van der Waals surface area contributed by atoms with Gasteiger partial charge in [0.05, 0.1) is 11.2 Å². The molecule has 0 N–H and O–H groups in total. The molecule has 0 radical (unpaired) electrons. The summed E-state index contributed by atoms with van der Waals surface area (Å²) >= 11 is 7.06. The fourth-order valence-corrected chi connectivity index (χ4v) is 8.99. The Labute approximate surface area is 346 Å². The molecule has 2 aliphatic rings. The van der Waals surface area contributed by atoms with E-state index in [9.17, 15) is 0 Å². The van der Waals surface area contributed by atoms with E-state index in [2.05, 4.69) is 176 Å². The highest BCUT2D eigenvalue weighted by Crippen LogP contribution is 2.37. The van der Waals surface area contributed by atoms with Crippen LogP contribution >= 0.6 is 31.9 Å². The number of hydrogen-bond acceptors (Lipinski definition) is 4. The van der Waals surface area contributed by atoms with Crippen LogP contribution in [0.4, 0.5) is 0 Å². The lowest BCUT2D eigenvalue weighted by Gasteiger charge is -2.11. The van der Waals surface area contributed by atoms with E-state index >= 15 is 0 Å². The average molecular weight is 863 g/mol. The predicted octanol–water partition coefficient (Wildman–Crippen LogP) is 14.5. The van der Waals surface area contributed by atoms with Crippen LogP contribution in [0, 0.1) is 11.8 Å². The molecule has 10 aromatic rings. The molecule has 6 heteroatoms. The Hall–Kier alpha value is -6.08. The van der Waals surface area contributed by atoms with Gasteiger partial charge in [-0.3, -0.25) is 0 Å². The molecule has 0 saturated heterocycles. The van der Waals surface area contributed by atoms with Crippen LogP contribution in [0.1, 0.15) is 6.42 Å². The molecule has 2 heterocycles. The van der Waals surface area contributed by atoms with Crippen LogP contribution < -0.4 is 0 Å². The normalized spacial score (nSPS) is 15.3. The molecule has 272 valence electrons. The van der Waals surface area contributed by atoms with Gasteiger partial charge in [0.25, 0.3) is 0 Å². The van der Waals surface area contributed by atoms with Gasteiger partial charge in [0.1, 0.15) is 11.0 Å². The van der Waals surface area contributed by atoms with Gasteiger partial charge >= 0.3 is 0 Å². The number of pyridine rings is 1. The van der Waals surface area contributed by atoms with Gasteiger partial charge in [-0.2, -0.15) is 0 Å². The Kier molecular flexibility index (Phi) is 9.37. The van der Waals surface area contributed by atoms with Crippen molar-refractivity contribution in [3.63, 3.8) is 0 Å². The van der Waals surface area contributed by atoms with E-state index in [-0.39, 0.29) is 0 Å². The van der Waals surface area contributed by atoms with Crippen LogP contribution in [0.3, 0.4) is 0 Å². The zero-order valence-electron chi connectivity index (χ0n) is 30.7. The molecule has 8 aromatic carbocycles. The van der Waals surface area contributed by atoms with Crippen LogP contribution in [-0.2, 0) is 0 Å². The summed E-state index contributed by atoms with van der Waals surface area (Å²) in [5.74, 6) is 2.25. The van der Waals surface area contributed by atoms with Crippen molar-refractivity contribution in [2.24, 2.45) is 11.8 Å². The minimum absolute atomic E-state index is 0.634. The summed E-state index contributed by atoms with van der Waals surface area (Å²) < 4.78 is 2.06. The van der Waals surface area contributed by atoms with Gasteiger partial charge in [0.15, 0.2) is 5.82 Å². The summed E-state index contributed by atoms with van der Waals surface area (Å²) in [6, 6.07) is 54.3. The van der Waals surface area contributed by atoms with Crippen molar-refractivity contribution in [2.45, 2.75) is 6.42 Å². The van der Waals surface area contributed by atoms with E-state index < -0.39 is 0 Å². The standard InChI is InChI=1S/C23H14BrN.C21H12BrN3.C7H8/c24-16-7-5-6-15(14-16)22-13-12-21-19-10-2-1-8-17(19)18-9-3-4-11-20(18)23(21)25-22;22-14-7-5-6-13(12-14)21-23-19-17-10-3-1-8-15(17)16-9-2-4-11-18(16)20(19)24-25-21;1-2-7-4-3-6(1)5-7/h1-14H;1-12H;1-4,6-7H,5H2. The van der Waals surface area contributed by atoms with Gasteiger partial charge in [0, 0.05) is 41.6 Å². The molecule has 57 heavy (non-hydrogen) atoms. The molecule has 0 unspecified atom stereocenters. The summed E-state index contributed by atoms with van der Waals surface area (Å²) in [4.78, 5) is 9.91. The highest BCUT2D eigenvalue weighted by molar-refractivity contribution is 9.10. The monoisotopic (exact) mass is 860 g/mol. The minimum atomic E-state index is 0.634. The zero-order valence-corrected chi connectivity index (χ0v) is 33.9. The van der Waals surface area contributed by atoms with E-state index in [0.717, 1.165) is 64.9 Å². The van der Waals surface area contributed by atoms with Crippen molar-refractivity contribution in [2.75, 3.05) is 0 Å². The van der Waals surface area contributed by atoms with Gasteiger partial charge in [-0.05, 0) is 81.6 Å². The smallest absolute Gasteiger partial charge is 0.182 e. The Bertz CT molecular complexity index is 2930. The summed E-state index contributed by atoms with van der Waals surface area (Å²) in [7, 11) is 0. The number of fused-ring (bicyclic) bond motifs is 14. The third kappa shape index (κ3) is 6.79. The predicted molar refractivity (Wildman–Crippen MR) is 245 cm³/mol. The largest absolute Gasteiger partial charge is 0.247 e. The van der Waals surface area contributed by atoms with Crippen molar-refractivity contribution >= 4 is 96.9 Å². The lowest BCUT2D eigenvalue weighted by Crippen LogP contribution is -1.96. The highest BCUT2D eigenvalue weighted by Gasteiger charge is 2.19. The SMILES string of the molecule is Brc1cccc(-c2ccc3c4ccccc4c4ccccc4c3n2)c1.Brc1cccc(-c2nnc3c4ccccc4c4ccccc4c3n2)c1.C1=CC2C=CC1C2. The van der Waals surface area contributed by atoms with E-state index in [1.807, 2.05) is 48.5 Å². The molecule has 2 aromatic heterocycles. The van der Waals surface area contributed by atoms with E-state index in [1.54, 1.807) is 0 Å². The number of halogens is 2. The molecular formula is C51H34Br2N4. The minimum Gasteiger partial charge on any atom is -0.247 e. The number of aromatic nitrogens is 4. The summed E-state index contributed by atoms with van der Waals surface area (Å²) in [6.45, 7) is 0. The first-order valence-electron chi connectivity index (χ1n) is 19.1. The van der Waals surface area contributed by atoms with Crippen LogP contribution in [0.15, 0.2) is 191 Å². The Morgan fingerprint density at radius 3 is 1.32 bits per heavy atom. The van der Waals surface area contributed by atoms with Gasteiger partial charge in [0.2, 0.25) is 0 Å². The first kappa shape index (κ1) is 35.3. The molecule has 0 spiro atoms. The lowest BCUT2D eigenvalue weighted by molar-refractivity contribution is 0.732. The van der Waals surface area contributed by atoms with Crippen molar-refractivity contribution in [1.82, 2.24) is 20.2 Å². The molecule has 4 nitrogen and oxygen atoms in total. The first-order valence-corrected chi connectivity index (χ1v) is 20.7. The van der Waals surface area contributed by atoms with Crippen molar-refractivity contribution in [3.8, 4) is 22.6 Å². The molecule has 12 rings (SSSR count). The maximum Gasteiger partial charge on any atom is 0.182 e. The maximum absolute atomic E-state index is 5.04. The molecule has 0 fully saturated rings. The molecule has 0 atom stereocenters. The molecular weight excluding hydrogens is 828 g/mol. The average Bonchev–Trinajstić information content (AvgIpc) is 3.94. The van der Waals surface area contributed by atoms with Gasteiger partial charge in [-0.15, -0.1) is 10.2 Å². The number of hydrogen-bond donors (Lipinski definition) is 0. The van der Waals surface area contributed by atoms with Crippen LogP contribution in [-0.4, -0.2) is 20.2 Å². The molecule has 2 aliphatic carbocycles. The van der Waals surface area contributed by atoms with Crippen LogP contribution in [0.5, 0.6) is 0 Å². The van der Waals surface area contributed by atoms with Gasteiger partial charge < -0.3 is 0 Å². The second-order valence-electron chi connectivity index (χ2n) is 14.5. The first-order chi connectivity index (χ1) is 28.1. The second kappa shape index (κ2) is 15.1. The van der Waals surface area contributed by atoms with Crippen LogP contribution in [0.2, 0.25) is 0 Å². The molecule has 0 amide bonds. The second-order valence-corrected chi connectivity index (χ2v) is 16.3. The van der Waals surface area contributed by atoms with E-state index in [0.29, 0.717) is 5.82 Å². The quantitative estimate of drug-likeness (QED) is 0.128. The topological polar surface area (TPSA) is 51.6 Å². The van der Waals surface area contributed by atoms with Crippen molar-refractivity contribution in [1.29, 1.82) is 0 Å². The number of rotatable bonds is 2. The summed E-state index contributed by atoms with van der Waals surface area (Å²) in [6.07, 6.45) is 10.5. The Morgan fingerprint density at radius 1 is 0.368 bits per heavy atom. The lowest BCUT2D eigenvalue weighted by atomic mass is 9.96. The maximum atomic E-state index is 5.04. The number of benzene rings is 8. The fourth-order valence-electron chi connectivity index (χ4n) is 8.19. The third-order valence-electron chi connectivity index (χ3n) is 10.9. The summed E-state index contributed by atoms with van der Waals surface area (Å²) in [5.41, 5.74) is 5.85. The van der Waals surface area contributed by atoms with Crippen LogP contribution in [0.25, 0.3) is 87.7 Å².